The molecule has 0 aliphatic carbocycles. The van der Waals surface area contributed by atoms with Crippen LogP contribution in [0.15, 0.2) is 71.5 Å². The summed E-state index contributed by atoms with van der Waals surface area (Å²) in [5, 5.41) is 6.49. The molecule has 2 N–H and O–H groups in total. The first-order valence-electron chi connectivity index (χ1n) is 6.46. The molecule has 3 rings (SSSR count). The van der Waals surface area contributed by atoms with Crippen LogP contribution in [0.5, 0.6) is 0 Å². The van der Waals surface area contributed by atoms with Gasteiger partial charge in [-0.1, -0.05) is 34.1 Å². The molecule has 0 unspecified atom stereocenters. The molecule has 0 bridgehead atoms. The Hall–Kier alpha value is -2.40. The van der Waals surface area contributed by atoms with Crippen LogP contribution >= 0.6 is 15.9 Å². The van der Waals surface area contributed by atoms with Gasteiger partial charge >= 0.3 is 0 Å². The third-order valence-corrected chi connectivity index (χ3v) is 3.36. The van der Waals surface area contributed by atoms with Crippen molar-refractivity contribution in [3.05, 3.63) is 71.5 Å². The van der Waals surface area contributed by atoms with Crippen LogP contribution in [0.25, 0.3) is 0 Å². The van der Waals surface area contributed by atoms with Gasteiger partial charge in [-0.15, -0.1) is 0 Å². The zero-order valence-electron chi connectivity index (χ0n) is 11.1. The summed E-state index contributed by atoms with van der Waals surface area (Å²) in [6.07, 6.45) is 1.53. The van der Waals surface area contributed by atoms with Crippen molar-refractivity contribution in [3.63, 3.8) is 0 Å². The van der Waals surface area contributed by atoms with Gasteiger partial charge in [0.2, 0.25) is 0 Å². The van der Waals surface area contributed by atoms with Gasteiger partial charge in [-0.05, 0) is 36.4 Å². The van der Waals surface area contributed by atoms with E-state index in [0.29, 0.717) is 0 Å². The third-order valence-electron chi connectivity index (χ3n) is 2.83. The summed E-state index contributed by atoms with van der Waals surface area (Å²) in [6.45, 7) is 0. The lowest BCUT2D eigenvalue weighted by Crippen LogP contribution is -1.98. The Morgan fingerprint density at radius 1 is 0.714 bits per heavy atom. The van der Waals surface area contributed by atoms with E-state index >= 15 is 0 Å². The Bertz CT molecular complexity index is 714. The molecule has 0 fully saturated rings. The first-order valence-corrected chi connectivity index (χ1v) is 7.25. The van der Waals surface area contributed by atoms with Gasteiger partial charge in [-0.2, -0.15) is 0 Å². The molecule has 0 amide bonds. The fraction of sp³-hybridized carbons (Fsp3) is 0. The maximum atomic E-state index is 4.22. The molecule has 3 aromatic rings. The minimum absolute atomic E-state index is 0.741. The second-order valence-electron chi connectivity index (χ2n) is 4.41. The van der Waals surface area contributed by atoms with Crippen molar-refractivity contribution in [3.8, 4) is 0 Å². The van der Waals surface area contributed by atoms with Crippen LogP contribution in [-0.2, 0) is 0 Å². The molecule has 0 radical (unpaired) electrons. The van der Waals surface area contributed by atoms with Crippen LogP contribution in [-0.4, -0.2) is 9.97 Å². The maximum absolute atomic E-state index is 4.22. The molecule has 0 aliphatic heterocycles. The molecule has 4 nitrogen and oxygen atoms in total. The Kier molecular flexibility index (Phi) is 4.12. The number of hydrogen-bond acceptors (Lipinski definition) is 4. The lowest BCUT2D eigenvalue weighted by molar-refractivity contribution is 1.17. The number of aromatic nitrogens is 2. The topological polar surface area (TPSA) is 49.8 Å². The highest BCUT2D eigenvalue weighted by atomic mass is 79.9. The quantitative estimate of drug-likeness (QED) is 0.721. The van der Waals surface area contributed by atoms with Crippen molar-refractivity contribution in [2.75, 3.05) is 10.6 Å². The number of nitrogens with zero attached hydrogens (tertiary/aromatic N) is 2. The number of rotatable bonds is 4. The van der Waals surface area contributed by atoms with Crippen molar-refractivity contribution < 1.29 is 0 Å². The smallest absolute Gasteiger partial charge is 0.135 e. The van der Waals surface area contributed by atoms with Gasteiger partial charge in [0.05, 0.1) is 0 Å². The van der Waals surface area contributed by atoms with Crippen LogP contribution in [0.3, 0.4) is 0 Å². The van der Waals surface area contributed by atoms with Crippen LogP contribution < -0.4 is 10.6 Å². The molecule has 0 spiro atoms. The van der Waals surface area contributed by atoms with E-state index in [0.717, 1.165) is 27.5 Å². The molecule has 21 heavy (non-hydrogen) atoms. The van der Waals surface area contributed by atoms with E-state index in [2.05, 4.69) is 36.5 Å². The highest BCUT2D eigenvalue weighted by Gasteiger charge is 2.00. The van der Waals surface area contributed by atoms with E-state index in [4.69, 9.17) is 0 Å². The molecule has 0 saturated heterocycles. The Labute approximate surface area is 131 Å². The molecule has 1 aromatic heterocycles. The summed E-state index contributed by atoms with van der Waals surface area (Å²) in [5.41, 5.74) is 1.97. The van der Waals surface area contributed by atoms with E-state index in [9.17, 15) is 0 Å². The minimum atomic E-state index is 0.741. The SMILES string of the molecule is Brc1ccc(Nc2cc(Nc3ccccc3)ncn2)cc1. The second kappa shape index (κ2) is 6.37. The molecule has 0 atom stereocenters. The number of halogens is 1. The number of hydrogen-bond donors (Lipinski definition) is 2. The molecule has 2 aromatic carbocycles. The highest BCUT2D eigenvalue weighted by Crippen LogP contribution is 2.20. The Balaban J connectivity index is 1.75. The summed E-state index contributed by atoms with van der Waals surface area (Å²) in [4.78, 5) is 8.45. The zero-order valence-corrected chi connectivity index (χ0v) is 12.7. The Morgan fingerprint density at radius 3 is 1.90 bits per heavy atom. The van der Waals surface area contributed by atoms with Gasteiger partial charge < -0.3 is 10.6 Å². The summed E-state index contributed by atoms with van der Waals surface area (Å²) >= 11 is 3.42. The number of para-hydroxylation sites is 1. The summed E-state index contributed by atoms with van der Waals surface area (Å²) in [5.74, 6) is 1.49. The van der Waals surface area contributed by atoms with E-state index < -0.39 is 0 Å². The average molecular weight is 341 g/mol. The number of nitrogens with one attached hydrogen (secondary N) is 2. The van der Waals surface area contributed by atoms with Crippen molar-refractivity contribution in [1.82, 2.24) is 9.97 Å². The molecule has 1 heterocycles. The number of anilines is 4. The third kappa shape index (κ3) is 3.79. The van der Waals surface area contributed by atoms with Crippen molar-refractivity contribution in [2.24, 2.45) is 0 Å². The fourth-order valence-electron chi connectivity index (χ4n) is 1.84. The van der Waals surface area contributed by atoms with Crippen LogP contribution in [0, 0.1) is 0 Å². The van der Waals surface area contributed by atoms with E-state index in [1.54, 1.807) is 0 Å². The minimum Gasteiger partial charge on any atom is -0.340 e. The van der Waals surface area contributed by atoms with E-state index in [-0.39, 0.29) is 0 Å². The van der Waals surface area contributed by atoms with Gasteiger partial charge in [-0.25, -0.2) is 9.97 Å². The summed E-state index contributed by atoms with van der Waals surface area (Å²) < 4.78 is 1.04. The lowest BCUT2D eigenvalue weighted by atomic mass is 10.3. The van der Waals surface area contributed by atoms with E-state index in [1.807, 2.05) is 60.7 Å². The van der Waals surface area contributed by atoms with Crippen LogP contribution in [0.1, 0.15) is 0 Å². The predicted octanol–water partition coefficient (Wildman–Crippen LogP) is 4.73. The largest absolute Gasteiger partial charge is 0.340 e. The molecular formula is C16H13BrN4. The average Bonchev–Trinajstić information content (AvgIpc) is 2.51. The van der Waals surface area contributed by atoms with Crippen LogP contribution in [0.2, 0.25) is 0 Å². The Morgan fingerprint density at radius 2 is 1.29 bits per heavy atom. The fourth-order valence-corrected chi connectivity index (χ4v) is 2.11. The predicted molar refractivity (Wildman–Crippen MR) is 89.2 cm³/mol. The first-order chi connectivity index (χ1) is 10.3. The lowest BCUT2D eigenvalue weighted by Gasteiger charge is -2.08. The molecule has 104 valence electrons. The van der Waals surface area contributed by atoms with Gasteiger partial charge in [0.15, 0.2) is 0 Å². The van der Waals surface area contributed by atoms with Crippen molar-refractivity contribution >= 4 is 38.9 Å². The van der Waals surface area contributed by atoms with Crippen LogP contribution in [0.4, 0.5) is 23.0 Å². The van der Waals surface area contributed by atoms with Gasteiger partial charge in [-0.3, -0.25) is 0 Å². The van der Waals surface area contributed by atoms with E-state index in [1.165, 1.54) is 6.33 Å². The number of benzene rings is 2. The van der Waals surface area contributed by atoms with Crippen molar-refractivity contribution in [1.29, 1.82) is 0 Å². The maximum Gasteiger partial charge on any atom is 0.135 e. The van der Waals surface area contributed by atoms with Crippen molar-refractivity contribution in [2.45, 2.75) is 0 Å². The second-order valence-corrected chi connectivity index (χ2v) is 5.33. The van der Waals surface area contributed by atoms with Gasteiger partial charge in [0.1, 0.15) is 18.0 Å². The molecule has 0 aliphatic rings. The van der Waals surface area contributed by atoms with Gasteiger partial charge in [0.25, 0.3) is 0 Å². The normalized spacial score (nSPS) is 10.1. The molecule has 5 heteroatoms. The highest BCUT2D eigenvalue weighted by molar-refractivity contribution is 9.10. The first kappa shape index (κ1) is 13.6. The molecular weight excluding hydrogens is 328 g/mol. The molecule has 0 saturated carbocycles. The summed E-state index contributed by atoms with van der Waals surface area (Å²) in [6, 6.07) is 19.7. The summed E-state index contributed by atoms with van der Waals surface area (Å²) in [7, 11) is 0. The monoisotopic (exact) mass is 340 g/mol. The van der Waals surface area contributed by atoms with Gasteiger partial charge in [0, 0.05) is 21.9 Å². The zero-order chi connectivity index (χ0) is 14.5. The standard InChI is InChI=1S/C16H13BrN4/c17-12-6-8-14(9-7-12)21-16-10-15(18-11-19-16)20-13-4-2-1-3-5-13/h1-11H,(H2,18,19,20,21).